The zero-order valence-corrected chi connectivity index (χ0v) is 12.5. The van der Waals surface area contributed by atoms with E-state index in [1.165, 1.54) is 17.4 Å². The Hall–Kier alpha value is -1.72. The van der Waals surface area contributed by atoms with Crippen molar-refractivity contribution in [1.29, 1.82) is 0 Å². The summed E-state index contributed by atoms with van der Waals surface area (Å²) in [5, 5.41) is 1.92. The standard InChI is InChI=1S/C16H17FN2OS/c17-14-4-1-3-13(11-14)12-18-6-8-19(9-7-18)16(20)15-5-2-10-21-15/h1-5,10-11H,6-9,12H2. The van der Waals surface area contributed by atoms with Gasteiger partial charge in [0, 0.05) is 32.7 Å². The van der Waals surface area contributed by atoms with Gasteiger partial charge in [0.1, 0.15) is 5.82 Å². The van der Waals surface area contributed by atoms with Crippen molar-refractivity contribution in [3.63, 3.8) is 0 Å². The van der Waals surface area contributed by atoms with Gasteiger partial charge < -0.3 is 4.90 Å². The van der Waals surface area contributed by atoms with E-state index in [1.807, 2.05) is 28.5 Å². The number of carbonyl (C=O) groups excluding carboxylic acids is 1. The zero-order chi connectivity index (χ0) is 14.7. The second-order valence-corrected chi connectivity index (χ2v) is 6.12. The van der Waals surface area contributed by atoms with Crippen molar-refractivity contribution in [2.24, 2.45) is 0 Å². The van der Waals surface area contributed by atoms with Crippen LogP contribution in [-0.2, 0) is 6.54 Å². The summed E-state index contributed by atoms with van der Waals surface area (Å²) in [6.07, 6.45) is 0. The molecule has 1 fully saturated rings. The van der Waals surface area contributed by atoms with Crippen LogP contribution in [0.5, 0.6) is 0 Å². The molecule has 2 heterocycles. The van der Waals surface area contributed by atoms with Crippen LogP contribution in [0, 0.1) is 5.82 Å². The van der Waals surface area contributed by atoms with E-state index in [0.29, 0.717) is 0 Å². The molecule has 1 aromatic carbocycles. The minimum absolute atomic E-state index is 0.121. The number of piperazine rings is 1. The van der Waals surface area contributed by atoms with Crippen molar-refractivity contribution >= 4 is 17.2 Å². The molecule has 2 aromatic rings. The summed E-state index contributed by atoms with van der Waals surface area (Å²) >= 11 is 1.48. The molecular weight excluding hydrogens is 287 g/mol. The van der Waals surface area contributed by atoms with Crippen molar-refractivity contribution in [2.75, 3.05) is 26.2 Å². The average Bonchev–Trinajstić information content (AvgIpc) is 3.01. The monoisotopic (exact) mass is 304 g/mol. The number of hydrogen-bond acceptors (Lipinski definition) is 3. The molecular formula is C16H17FN2OS. The molecule has 0 radical (unpaired) electrons. The fraction of sp³-hybridized carbons (Fsp3) is 0.312. The largest absolute Gasteiger partial charge is 0.335 e. The van der Waals surface area contributed by atoms with Crippen molar-refractivity contribution in [3.05, 3.63) is 58.0 Å². The van der Waals surface area contributed by atoms with Gasteiger partial charge in [0.25, 0.3) is 5.91 Å². The van der Waals surface area contributed by atoms with Gasteiger partial charge >= 0.3 is 0 Å². The fourth-order valence-electron chi connectivity index (χ4n) is 2.56. The van der Waals surface area contributed by atoms with Crippen molar-refractivity contribution in [1.82, 2.24) is 9.80 Å². The Labute approximate surface area is 127 Å². The number of rotatable bonds is 3. The van der Waals surface area contributed by atoms with E-state index >= 15 is 0 Å². The van der Waals surface area contributed by atoms with Crippen LogP contribution >= 0.6 is 11.3 Å². The molecule has 3 rings (SSSR count). The van der Waals surface area contributed by atoms with Gasteiger partial charge in [-0.1, -0.05) is 18.2 Å². The predicted molar refractivity (Wildman–Crippen MR) is 81.9 cm³/mol. The lowest BCUT2D eigenvalue weighted by Gasteiger charge is -2.34. The molecule has 0 unspecified atom stereocenters. The second kappa shape index (κ2) is 6.37. The summed E-state index contributed by atoms with van der Waals surface area (Å²) < 4.78 is 13.2. The zero-order valence-electron chi connectivity index (χ0n) is 11.7. The summed E-state index contributed by atoms with van der Waals surface area (Å²) in [5.74, 6) is -0.0746. The summed E-state index contributed by atoms with van der Waals surface area (Å²) in [6, 6.07) is 10.5. The lowest BCUT2D eigenvalue weighted by Crippen LogP contribution is -2.48. The highest BCUT2D eigenvalue weighted by Gasteiger charge is 2.22. The van der Waals surface area contributed by atoms with Gasteiger partial charge in [-0.2, -0.15) is 0 Å². The summed E-state index contributed by atoms with van der Waals surface area (Å²) in [7, 11) is 0. The Morgan fingerprint density at radius 2 is 1.95 bits per heavy atom. The molecule has 1 aromatic heterocycles. The van der Waals surface area contributed by atoms with Crippen molar-refractivity contribution in [2.45, 2.75) is 6.54 Å². The average molecular weight is 304 g/mol. The summed E-state index contributed by atoms with van der Waals surface area (Å²) in [6.45, 7) is 3.85. The number of carbonyl (C=O) groups is 1. The molecule has 0 N–H and O–H groups in total. The maximum atomic E-state index is 13.2. The Morgan fingerprint density at radius 1 is 1.14 bits per heavy atom. The minimum atomic E-state index is -0.195. The fourth-order valence-corrected chi connectivity index (χ4v) is 3.25. The van der Waals surface area contributed by atoms with Gasteiger partial charge in [-0.25, -0.2) is 4.39 Å². The molecule has 1 aliphatic heterocycles. The molecule has 110 valence electrons. The third-order valence-electron chi connectivity index (χ3n) is 3.69. The molecule has 0 saturated carbocycles. The van der Waals surface area contributed by atoms with Gasteiger partial charge in [-0.3, -0.25) is 9.69 Å². The number of halogens is 1. The van der Waals surface area contributed by atoms with Gasteiger partial charge in [0.05, 0.1) is 4.88 Å². The van der Waals surface area contributed by atoms with Gasteiger partial charge in [0.2, 0.25) is 0 Å². The topological polar surface area (TPSA) is 23.6 Å². The van der Waals surface area contributed by atoms with Crippen LogP contribution < -0.4 is 0 Å². The highest BCUT2D eigenvalue weighted by atomic mass is 32.1. The Bertz CT molecular complexity index is 606. The molecule has 1 aliphatic rings. The SMILES string of the molecule is O=C(c1cccs1)N1CCN(Cc2cccc(F)c2)CC1. The van der Waals surface area contributed by atoms with Crippen molar-refractivity contribution in [3.8, 4) is 0 Å². The van der Waals surface area contributed by atoms with Crippen LogP contribution in [0.2, 0.25) is 0 Å². The number of hydrogen-bond donors (Lipinski definition) is 0. The molecule has 0 spiro atoms. The molecule has 21 heavy (non-hydrogen) atoms. The van der Waals surface area contributed by atoms with E-state index in [1.54, 1.807) is 12.1 Å². The van der Waals surface area contributed by atoms with Crippen LogP contribution in [0.1, 0.15) is 15.2 Å². The number of thiophene rings is 1. The molecule has 3 nitrogen and oxygen atoms in total. The quantitative estimate of drug-likeness (QED) is 0.870. The normalized spacial score (nSPS) is 16.1. The first-order valence-corrected chi connectivity index (χ1v) is 7.90. The van der Waals surface area contributed by atoms with Gasteiger partial charge in [-0.15, -0.1) is 11.3 Å². The Morgan fingerprint density at radius 3 is 2.62 bits per heavy atom. The highest BCUT2D eigenvalue weighted by Crippen LogP contribution is 2.15. The molecule has 1 saturated heterocycles. The number of nitrogens with zero attached hydrogens (tertiary/aromatic N) is 2. The minimum Gasteiger partial charge on any atom is -0.335 e. The maximum Gasteiger partial charge on any atom is 0.264 e. The van der Waals surface area contributed by atoms with Crippen LogP contribution in [0.25, 0.3) is 0 Å². The lowest BCUT2D eigenvalue weighted by molar-refractivity contribution is 0.0633. The number of amides is 1. The van der Waals surface area contributed by atoms with Crippen LogP contribution in [-0.4, -0.2) is 41.9 Å². The van der Waals surface area contributed by atoms with E-state index in [-0.39, 0.29) is 11.7 Å². The van der Waals surface area contributed by atoms with Gasteiger partial charge in [-0.05, 0) is 29.1 Å². The van der Waals surface area contributed by atoms with E-state index in [4.69, 9.17) is 0 Å². The maximum absolute atomic E-state index is 13.2. The smallest absolute Gasteiger partial charge is 0.264 e. The van der Waals surface area contributed by atoms with Crippen LogP contribution in [0.15, 0.2) is 41.8 Å². The molecule has 0 bridgehead atoms. The predicted octanol–water partition coefficient (Wildman–Crippen LogP) is 2.85. The first-order valence-electron chi connectivity index (χ1n) is 7.02. The van der Waals surface area contributed by atoms with Crippen LogP contribution in [0.3, 0.4) is 0 Å². The third-order valence-corrected chi connectivity index (χ3v) is 4.54. The van der Waals surface area contributed by atoms with E-state index in [0.717, 1.165) is 43.2 Å². The first-order chi connectivity index (χ1) is 10.2. The molecule has 5 heteroatoms. The summed E-state index contributed by atoms with van der Waals surface area (Å²) in [5.41, 5.74) is 0.980. The van der Waals surface area contributed by atoms with Gasteiger partial charge in [0.15, 0.2) is 0 Å². The Balaban J connectivity index is 1.54. The lowest BCUT2D eigenvalue weighted by atomic mass is 10.2. The van der Waals surface area contributed by atoms with E-state index in [2.05, 4.69) is 4.90 Å². The van der Waals surface area contributed by atoms with E-state index < -0.39 is 0 Å². The van der Waals surface area contributed by atoms with Crippen molar-refractivity contribution < 1.29 is 9.18 Å². The molecule has 0 atom stereocenters. The third kappa shape index (κ3) is 3.49. The van der Waals surface area contributed by atoms with Crippen LogP contribution in [0.4, 0.5) is 4.39 Å². The summed E-state index contributed by atoms with van der Waals surface area (Å²) in [4.78, 5) is 17.2. The second-order valence-electron chi connectivity index (χ2n) is 5.18. The highest BCUT2D eigenvalue weighted by molar-refractivity contribution is 7.12. The Kier molecular flexibility index (Phi) is 4.31. The first kappa shape index (κ1) is 14.2. The van der Waals surface area contributed by atoms with E-state index in [9.17, 15) is 9.18 Å². The molecule has 0 aliphatic carbocycles. The molecule has 1 amide bonds. The number of benzene rings is 1.